The number of aliphatic carboxylic acids is 1. The second-order valence-corrected chi connectivity index (χ2v) is 5.18. The number of rotatable bonds is 6. The summed E-state index contributed by atoms with van der Waals surface area (Å²) in [7, 11) is 0. The summed E-state index contributed by atoms with van der Waals surface area (Å²) in [5.74, 6) is -1.99. The molecule has 19 heavy (non-hydrogen) atoms. The van der Waals surface area contributed by atoms with Gasteiger partial charge in [-0.2, -0.15) is 0 Å². The largest absolute Gasteiger partial charge is 0.480 e. The van der Waals surface area contributed by atoms with Gasteiger partial charge in [-0.05, 0) is 32.4 Å². The van der Waals surface area contributed by atoms with Gasteiger partial charge in [-0.15, -0.1) is 0 Å². The quantitative estimate of drug-likeness (QED) is 0.504. The monoisotopic (exact) mass is 271 g/mol. The minimum absolute atomic E-state index is 0.0186. The van der Waals surface area contributed by atoms with Crippen molar-refractivity contribution in [2.45, 2.75) is 38.6 Å². The molecule has 7 heteroatoms. The van der Waals surface area contributed by atoms with Crippen molar-refractivity contribution in [3.8, 4) is 0 Å². The van der Waals surface area contributed by atoms with E-state index in [0.717, 1.165) is 13.1 Å². The number of hydrogen-bond acceptors (Lipinski definition) is 4. The van der Waals surface area contributed by atoms with Crippen LogP contribution < -0.4 is 16.4 Å². The third-order valence-corrected chi connectivity index (χ3v) is 3.54. The number of amides is 2. The fourth-order valence-electron chi connectivity index (χ4n) is 2.08. The summed E-state index contributed by atoms with van der Waals surface area (Å²) < 4.78 is 0. The zero-order chi connectivity index (χ0) is 14.5. The molecule has 0 spiro atoms. The lowest BCUT2D eigenvalue weighted by molar-refractivity contribution is -0.144. The third kappa shape index (κ3) is 4.51. The van der Waals surface area contributed by atoms with Crippen LogP contribution in [-0.2, 0) is 14.4 Å². The number of nitrogens with two attached hydrogens (primary N) is 1. The molecular weight excluding hydrogens is 250 g/mol. The maximum Gasteiger partial charge on any atom is 0.326 e. The van der Waals surface area contributed by atoms with Crippen LogP contribution in [0.4, 0.5) is 0 Å². The summed E-state index contributed by atoms with van der Waals surface area (Å²) in [6, 6.07) is -1.06. The van der Waals surface area contributed by atoms with Gasteiger partial charge in [0, 0.05) is 11.8 Å². The first-order chi connectivity index (χ1) is 8.85. The normalized spacial score (nSPS) is 19.4. The first-order valence-corrected chi connectivity index (χ1v) is 6.38. The maximum atomic E-state index is 12.2. The van der Waals surface area contributed by atoms with Crippen LogP contribution in [0.15, 0.2) is 0 Å². The van der Waals surface area contributed by atoms with Crippen molar-refractivity contribution in [3.05, 3.63) is 0 Å². The van der Waals surface area contributed by atoms with Crippen molar-refractivity contribution >= 4 is 17.8 Å². The Morgan fingerprint density at radius 3 is 2.42 bits per heavy atom. The van der Waals surface area contributed by atoms with Crippen molar-refractivity contribution in [1.29, 1.82) is 0 Å². The Hall–Kier alpha value is -1.63. The van der Waals surface area contributed by atoms with E-state index in [-0.39, 0.29) is 18.7 Å². The Kier molecular flexibility index (Phi) is 5.29. The molecule has 108 valence electrons. The first-order valence-electron chi connectivity index (χ1n) is 6.38. The zero-order valence-corrected chi connectivity index (χ0v) is 11.1. The molecule has 2 amide bonds. The molecule has 1 aliphatic rings. The van der Waals surface area contributed by atoms with Gasteiger partial charge in [0.15, 0.2) is 0 Å². The molecule has 0 bridgehead atoms. The highest BCUT2D eigenvalue weighted by Crippen LogP contribution is 2.28. The maximum absolute atomic E-state index is 12.2. The highest BCUT2D eigenvalue weighted by atomic mass is 16.4. The third-order valence-electron chi connectivity index (χ3n) is 3.54. The molecule has 1 heterocycles. The topological polar surface area (TPSA) is 122 Å². The van der Waals surface area contributed by atoms with Crippen molar-refractivity contribution in [2.24, 2.45) is 11.1 Å². The predicted molar refractivity (Wildman–Crippen MR) is 68.2 cm³/mol. The molecular formula is C12H21N3O4. The van der Waals surface area contributed by atoms with E-state index in [1.807, 2.05) is 6.92 Å². The van der Waals surface area contributed by atoms with Crippen LogP contribution in [-0.4, -0.2) is 42.0 Å². The van der Waals surface area contributed by atoms with Gasteiger partial charge in [0.1, 0.15) is 6.04 Å². The van der Waals surface area contributed by atoms with E-state index < -0.39 is 23.3 Å². The van der Waals surface area contributed by atoms with Gasteiger partial charge in [0.2, 0.25) is 11.8 Å². The lowest BCUT2D eigenvalue weighted by Crippen LogP contribution is -2.51. The molecule has 0 aromatic rings. The molecule has 1 fully saturated rings. The summed E-state index contributed by atoms with van der Waals surface area (Å²) in [6.07, 6.45) is 1.29. The number of carboxylic acids is 1. The van der Waals surface area contributed by atoms with Gasteiger partial charge in [-0.25, -0.2) is 4.79 Å². The lowest BCUT2D eigenvalue weighted by Gasteiger charge is -2.33. The Balaban J connectivity index is 2.59. The van der Waals surface area contributed by atoms with Crippen LogP contribution in [0.5, 0.6) is 0 Å². The number of nitrogens with one attached hydrogen (secondary N) is 2. The molecule has 0 aliphatic carbocycles. The smallest absolute Gasteiger partial charge is 0.326 e. The highest BCUT2D eigenvalue weighted by molar-refractivity contribution is 5.87. The Morgan fingerprint density at radius 1 is 1.37 bits per heavy atom. The van der Waals surface area contributed by atoms with E-state index in [4.69, 9.17) is 10.8 Å². The Bertz CT molecular complexity index is 364. The van der Waals surface area contributed by atoms with E-state index >= 15 is 0 Å². The number of primary amides is 1. The van der Waals surface area contributed by atoms with Gasteiger partial charge in [-0.1, -0.05) is 6.92 Å². The van der Waals surface area contributed by atoms with E-state index in [1.165, 1.54) is 0 Å². The van der Waals surface area contributed by atoms with E-state index in [1.54, 1.807) is 0 Å². The van der Waals surface area contributed by atoms with Crippen LogP contribution in [0.2, 0.25) is 0 Å². The SMILES string of the molecule is CC1(C(=O)N[C@@H](CCC(N)=O)C(=O)O)CCNCC1. The molecule has 0 aromatic carbocycles. The van der Waals surface area contributed by atoms with Gasteiger partial charge in [0.25, 0.3) is 0 Å². The van der Waals surface area contributed by atoms with Crippen LogP contribution in [0.1, 0.15) is 32.6 Å². The van der Waals surface area contributed by atoms with Crippen LogP contribution in [0.3, 0.4) is 0 Å². The van der Waals surface area contributed by atoms with Crippen molar-refractivity contribution < 1.29 is 19.5 Å². The van der Waals surface area contributed by atoms with Gasteiger partial charge < -0.3 is 21.5 Å². The fourth-order valence-corrected chi connectivity index (χ4v) is 2.08. The molecule has 1 saturated heterocycles. The summed E-state index contributed by atoms with van der Waals surface area (Å²) in [5.41, 5.74) is 4.44. The molecule has 0 unspecified atom stereocenters. The van der Waals surface area contributed by atoms with Crippen molar-refractivity contribution in [2.75, 3.05) is 13.1 Å². The minimum atomic E-state index is -1.15. The molecule has 7 nitrogen and oxygen atoms in total. The van der Waals surface area contributed by atoms with Gasteiger partial charge in [-0.3, -0.25) is 9.59 Å². The van der Waals surface area contributed by atoms with Crippen LogP contribution >= 0.6 is 0 Å². The average Bonchev–Trinajstić information content (AvgIpc) is 2.34. The Labute approximate surface area is 111 Å². The Morgan fingerprint density at radius 2 is 1.95 bits per heavy atom. The molecule has 1 rings (SSSR count). The standard InChI is InChI=1S/C12H21N3O4/c1-12(4-6-14-7-5-12)11(19)15-8(10(17)18)2-3-9(13)16/h8,14H,2-7H2,1H3,(H2,13,16)(H,15,19)(H,17,18)/t8-/m0/s1. The number of piperidine rings is 1. The minimum Gasteiger partial charge on any atom is -0.480 e. The van der Waals surface area contributed by atoms with E-state index in [0.29, 0.717) is 12.8 Å². The second-order valence-electron chi connectivity index (χ2n) is 5.18. The number of hydrogen-bond donors (Lipinski definition) is 4. The van der Waals surface area contributed by atoms with Crippen LogP contribution in [0, 0.1) is 5.41 Å². The second kappa shape index (κ2) is 6.51. The number of carbonyl (C=O) groups excluding carboxylic acids is 2. The lowest BCUT2D eigenvalue weighted by atomic mass is 9.80. The fraction of sp³-hybridized carbons (Fsp3) is 0.750. The van der Waals surface area contributed by atoms with Crippen LogP contribution in [0.25, 0.3) is 0 Å². The summed E-state index contributed by atoms with van der Waals surface area (Å²) >= 11 is 0. The average molecular weight is 271 g/mol. The summed E-state index contributed by atoms with van der Waals surface area (Å²) in [6.45, 7) is 3.31. The molecule has 0 aromatic heterocycles. The van der Waals surface area contributed by atoms with E-state index in [9.17, 15) is 14.4 Å². The summed E-state index contributed by atoms with van der Waals surface area (Å²) in [4.78, 5) is 33.9. The predicted octanol–water partition coefficient (Wildman–Crippen LogP) is -0.789. The highest BCUT2D eigenvalue weighted by Gasteiger charge is 2.36. The number of carboxylic acid groups (broad SMARTS) is 1. The zero-order valence-electron chi connectivity index (χ0n) is 11.1. The van der Waals surface area contributed by atoms with Crippen molar-refractivity contribution in [1.82, 2.24) is 10.6 Å². The number of carbonyl (C=O) groups is 3. The van der Waals surface area contributed by atoms with E-state index in [2.05, 4.69) is 10.6 Å². The van der Waals surface area contributed by atoms with Gasteiger partial charge in [0.05, 0.1) is 0 Å². The summed E-state index contributed by atoms with van der Waals surface area (Å²) in [5, 5.41) is 14.7. The van der Waals surface area contributed by atoms with Gasteiger partial charge >= 0.3 is 5.97 Å². The molecule has 0 saturated carbocycles. The molecule has 1 aliphatic heterocycles. The molecule has 0 radical (unpaired) electrons. The molecule has 1 atom stereocenters. The molecule has 5 N–H and O–H groups in total. The first kappa shape index (κ1) is 15.4. The van der Waals surface area contributed by atoms with Crippen molar-refractivity contribution in [3.63, 3.8) is 0 Å².